The van der Waals surface area contributed by atoms with Crippen LogP contribution in [0.1, 0.15) is 12.0 Å². The number of benzene rings is 1. The lowest BCUT2D eigenvalue weighted by atomic mass is 10.1. The summed E-state index contributed by atoms with van der Waals surface area (Å²) in [6.45, 7) is 0. The largest absolute Gasteiger partial charge is 0.496 e. The van der Waals surface area contributed by atoms with Crippen LogP contribution in [0.5, 0.6) is 5.75 Å². The molecule has 0 saturated heterocycles. The third-order valence-electron chi connectivity index (χ3n) is 2.45. The van der Waals surface area contributed by atoms with Crippen molar-refractivity contribution in [3.63, 3.8) is 0 Å². The molecular weight excluding hydrogens is 174 g/mol. The van der Waals surface area contributed by atoms with Crippen molar-refractivity contribution in [1.82, 2.24) is 0 Å². The van der Waals surface area contributed by atoms with Gasteiger partial charge in [-0.25, -0.2) is 4.58 Å². The topological polar surface area (TPSA) is 12.2 Å². The molecule has 1 aromatic rings. The molecule has 2 rings (SSSR count). The second-order valence-corrected chi connectivity index (χ2v) is 3.32. The van der Waals surface area contributed by atoms with E-state index in [2.05, 4.69) is 30.0 Å². The molecular formula is C12H14NO+. The van der Waals surface area contributed by atoms with Crippen LogP contribution in [-0.2, 0) is 0 Å². The molecule has 1 aliphatic rings. The number of rotatable bonds is 2. The maximum absolute atomic E-state index is 5.32. The Kier molecular flexibility index (Phi) is 2.35. The summed E-state index contributed by atoms with van der Waals surface area (Å²) in [7, 11) is 3.77. The lowest BCUT2D eigenvalue weighted by molar-refractivity contribution is -0.387. The molecule has 2 heteroatoms. The molecule has 0 saturated carbocycles. The van der Waals surface area contributed by atoms with Gasteiger partial charge in [0.1, 0.15) is 19.0 Å². The first kappa shape index (κ1) is 9.00. The van der Waals surface area contributed by atoms with Crippen molar-refractivity contribution in [1.29, 1.82) is 0 Å². The van der Waals surface area contributed by atoms with Crippen LogP contribution >= 0.6 is 0 Å². The second-order valence-electron chi connectivity index (χ2n) is 3.32. The van der Waals surface area contributed by atoms with Gasteiger partial charge in [-0.3, -0.25) is 0 Å². The van der Waals surface area contributed by atoms with Crippen molar-refractivity contribution in [3.8, 4) is 5.75 Å². The molecule has 2 nitrogen and oxygen atoms in total. The van der Waals surface area contributed by atoms with Crippen LogP contribution in [0.25, 0.3) is 5.70 Å². The van der Waals surface area contributed by atoms with E-state index in [-0.39, 0.29) is 0 Å². The van der Waals surface area contributed by atoms with Gasteiger partial charge in [0.15, 0.2) is 0 Å². The van der Waals surface area contributed by atoms with E-state index in [1.54, 1.807) is 7.11 Å². The number of allylic oxidation sites excluding steroid dienone is 1. The fourth-order valence-corrected chi connectivity index (χ4v) is 1.72. The summed E-state index contributed by atoms with van der Waals surface area (Å²) in [5.41, 5.74) is 2.38. The smallest absolute Gasteiger partial charge is 0.212 e. The zero-order chi connectivity index (χ0) is 9.97. The minimum absolute atomic E-state index is 0.931. The summed E-state index contributed by atoms with van der Waals surface area (Å²) < 4.78 is 7.46. The van der Waals surface area contributed by atoms with Crippen molar-refractivity contribution in [2.45, 2.75) is 6.42 Å². The first-order valence-corrected chi connectivity index (χ1v) is 4.72. The molecule has 0 amide bonds. The Labute approximate surface area is 84.1 Å². The average Bonchev–Trinajstić information content (AvgIpc) is 2.64. The molecule has 0 spiro atoms. The Morgan fingerprint density at radius 3 is 2.71 bits per heavy atom. The highest BCUT2D eigenvalue weighted by Crippen LogP contribution is 2.27. The van der Waals surface area contributed by atoms with Crippen LogP contribution in [0.3, 0.4) is 0 Å². The van der Waals surface area contributed by atoms with Gasteiger partial charge in [-0.2, -0.15) is 0 Å². The number of methoxy groups -OCH3 is 1. The minimum atomic E-state index is 0.931. The summed E-state index contributed by atoms with van der Waals surface area (Å²) in [6, 6.07) is 8.09. The summed E-state index contributed by atoms with van der Waals surface area (Å²) in [5, 5.41) is 0. The molecule has 72 valence electrons. The highest BCUT2D eigenvalue weighted by molar-refractivity contribution is 5.74. The Bertz CT molecular complexity index is 405. The summed E-state index contributed by atoms with van der Waals surface area (Å²) >= 11 is 0. The normalized spacial score (nSPS) is 15.0. The fraction of sp³-hybridized carbons (Fsp3) is 0.250. The van der Waals surface area contributed by atoms with E-state index in [1.807, 2.05) is 18.2 Å². The van der Waals surface area contributed by atoms with Gasteiger partial charge in [-0.15, -0.1) is 0 Å². The fourth-order valence-electron chi connectivity index (χ4n) is 1.72. The Morgan fingerprint density at radius 2 is 2.07 bits per heavy atom. The maximum atomic E-state index is 5.32. The molecule has 1 aromatic carbocycles. The Morgan fingerprint density at radius 1 is 1.29 bits per heavy atom. The van der Waals surface area contributed by atoms with Crippen LogP contribution in [0.2, 0.25) is 0 Å². The molecule has 0 fully saturated rings. The van der Waals surface area contributed by atoms with E-state index in [4.69, 9.17) is 4.74 Å². The van der Waals surface area contributed by atoms with E-state index in [0.717, 1.165) is 17.7 Å². The molecule has 0 atom stereocenters. The van der Waals surface area contributed by atoms with Crippen LogP contribution in [0.15, 0.2) is 30.3 Å². The van der Waals surface area contributed by atoms with Crippen LogP contribution in [-0.4, -0.2) is 24.9 Å². The van der Waals surface area contributed by atoms with Crippen LogP contribution in [0, 0.1) is 0 Å². The summed E-state index contributed by atoms with van der Waals surface area (Å²) in [6.07, 6.45) is 5.36. The Balaban J connectivity index is 2.46. The van der Waals surface area contributed by atoms with Crippen molar-refractivity contribution in [2.24, 2.45) is 0 Å². The van der Waals surface area contributed by atoms with E-state index < -0.39 is 0 Å². The number of para-hydroxylation sites is 1. The van der Waals surface area contributed by atoms with Crippen molar-refractivity contribution < 1.29 is 9.31 Å². The highest BCUT2D eigenvalue weighted by atomic mass is 16.5. The predicted molar refractivity (Wildman–Crippen MR) is 57.8 cm³/mol. The predicted octanol–water partition coefficient (Wildman–Crippen LogP) is 2.15. The number of hydrogen-bond acceptors (Lipinski definition) is 1. The van der Waals surface area contributed by atoms with E-state index in [9.17, 15) is 0 Å². The minimum Gasteiger partial charge on any atom is -0.496 e. The van der Waals surface area contributed by atoms with Gasteiger partial charge in [-0.05, 0) is 18.2 Å². The van der Waals surface area contributed by atoms with Crippen LogP contribution < -0.4 is 4.74 Å². The third kappa shape index (κ3) is 1.43. The second kappa shape index (κ2) is 3.66. The van der Waals surface area contributed by atoms with E-state index >= 15 is 0 Å². The highest BCUT2D eigenvalue weighted by Gasteiger charge is 2.18. The summed E-state index contributed by atoms with van der Waals surface area (Å²) in [5.74, 6) is 0.931. The van der Waals surface area contributed by atoms with Gasteiger partial charge in [0, 0.05) is 6.42 Å². The van der Waals surface area contributed by atoms with Crippen molar-refractivity contribution in [3.05, 3.63) is 35.9 Å². The maximum Gasteiger partial charge on any atom is 0.212 e. The third-order valence-corrected chi connectivity index (χ3v) is 2.45. The quantitative estimate of drug-likeness (QED) is 0.648. The molecule has 0 aromatic heterocycles. The van der Waals surface area contributed by atoms with E-state index in [1.165, 1.54) is 5.70 Å². The van der Waals surface area contributed by atoms with Gasteiger partial charge in [0.25, 0.3) is 0 Å². The van der Waals surface area contributed by atoms with E-state index in [0.29, 0.717) is 0 Å². The summed E-state index contributed by atoms with van der Waals surface area (Å²) in [4.78, 5) is 0. The van der Waals surface area contributed by atoms with Gasteiger partial charge < -0.3 is 4.74 Å². The average molecular weight is 188 g/mol. The number of nitrogens with zero attached hydrogens (tertiary/aromatic N) is 1. The van der Waals surface area contributed by atoms with Crippen molar-refractivity contribution in [2.75, 3.05) is 14.2 Å². The van der Waals surface area contributed by atoms with Gasteiger partial charge in [-0.1, -0.05) is 12.1 Å². The lowest BCUT2D eigenvalue weighted by Gasteiger charge is -2.05. The molecule has 1 heterocycles. The number of hydrogen-bond donors (Lipinski definition) is 0. The molecule has 0 radical (unpaired) electrons. The SMILES string of the molecule is COc1ccccc1C1=CCC=[N+]1C. The zero-order valence-corrected chi connectivity index (χ0v) is 8.53. The Hall–Kier alpha value is -1.57. The first-order valence-electron chi connectivity index (χ1n) is 4.72. The molecule has 0 N–H and O–H groups in total. The molecule has 0 aliphatic carbocycles. The van der Waals surface area contributed by atoms with Crippen molar-refractivity contribution >= 4 is 11.9 Å². The van der Waals surface area contributed by atoms with Crippen LogP contribution in [0.4, 0.5) is 0 Å². The van der Waals surface area contributed by atoms with Gasteiger partial charge in [0.2, 0.25) is 5.70 Å². The lowest BCUT2D eigenvalue weighted by Crippen LogP contribution is -2.02. The van der Waals surface area contributed by atoms with Gasteiger partial charge >= 0.3 is 0 Å². The van der Waals surface area contributed by atoms with Gasteiger partial charge in [0.05, 0.1) is 12.7 Å². The standard InChI is InChI=1S/C12H14NO/c1-13-9-5-7-11(13)10-6-3-4-8-12(10)14-2/h3-4,6-9H,5H2,1-2H3/q+1. The number of ether oxygens (including phenoxy) is 1. The molecule has 0 bridgehead atoms. The first-order chi connectivity index (χ1) is 6.83. The zero-order valence-electron chi connectivity index (χ0n) is 8.53. The molecule has 14 heavy (non-hydrogen) atoms. The molecule has 0 unspecified atom stereocenters. The molecule has 1 aliphatic heterocycles. The monoisotopic (exact) mass is 188 g/mol.